The third-order valence-electron chi connectivity index (χ3n) is 22.6. The predicted octanol–water partition coefficient (Wildman–Crippen LogP) is 30.9. The van der Waals surface area contributed by atoms with Crippen molar-refractivity contribution in [2.75, 3.05) is 0 Å². The lowest BCUT2D eigenvalue weighted by atomic mass is 9.79. The first-order valence-corrected chi connectivity index (χ1v) is 38.1. The van der Waals surface area contributed by atoms with E-state index in [1.165, 1.54) is 209 Å². The summed E-state index contributed by atoms with van der Waals surface area (Å²) in [7, 11) is 0. The van der Waals surface area contributed by atoms with Gasteiger partial charge in [0.05, 0.1) is 0 Å². The molecule has 0 aliphatic rings. The maximum absolute atomic E-state index is 2.34. The molecule has 0 heterocycles. The van der Waals surface area contributed by atoms with Gasteiger partial charge in [-0.2, -0.15) is 0 Å². The summed E-state index contributed by atoms with van der Waals surface area (Å²) in [6.45, 7) is 0. The molecule has 21 aromatic carbocycles. The van der Waals surface area contributed by atoms with Crippen LogP contribution in [0.4, 0.5) is 0 Å². The Morgan fingerprint density at radius 1 is 0.0727 bits per heavy atom. The van der Waals surface area contributed by atoms with Gasteiger partial charge in [-0.1, -0.05) is 437 Å². The van der Waals surface area contributed by atoms with Gasteiger partial charge in [0.1, 0.15) is 0 Å². The van der Waals surface area contributed by atoms with E-state index in [4.69, 9.17) is 0 Å². The van der Waals surface area contributed by atoms with E-state index < -0.39 is 0 Å². The first-order chi connectivity index (χ1) is 54.7. The molecule has 0 radical (unpaired) electrons. The Labute approximate surface area is 641 Å². The molecule has 0 saturated carbocycles. The maximum Gasteiger partial charge on any atom is -0.00139 e. The second-order valence-corrected chi connectivity index (χ2v) is 28.6. The molecular weight excluding hydrogens is 1320 g/mol. The van der Waals surface area contributed by atoms with Crippen molar-refractivity contribution in [2.45, 2.75) is 0 Å². The first kappa shape index (κ1) is 65.2. The molecule has 0 fully saturated rings. The van der Waals surface area contributed by atoms with Crippen LogP contribution in [0.25, 0.3) is 209 Å². The summed E-state index contributed by atoms with van der Waals surface area (Å²) in [5.41, 5.74) is 27.4. The van der Waals surface area contributed by atoms with Crippen LogP contribution in [0.2, 0.25) is 0 Å². The van der Waals surface area contributed by atoms with E-state index >= 15 is 0 Å². The fraction of sp³-hybridized carbons (Fsp3) is 0. The van der Waals surface area contributed by atoms with E-state index in [0.717, 1.165) is 0 Å². The average Bonchev–Trinajstić information content (AvgIpc) is 0.737. The number of benzene rings is 21. The molecule has 0 nitrogen and oxygen atoms in total. The molecular formula is C110H72. The standard InChI is InChI=1S/C58H38.C52H34/c1-3-19-39(20-4-1)43-23-7-9-25-45(43)57-51-31-15-11-27-47(51)55(48-28-12-16-32-52(48)57)41-35-37-42(38-36-41)56-49-29-13-17-33-53(49)58(54-34-18-14-30-50(54)56)46-26-10-8-24-44(46)40-21-5-2-6-22-40;1-3-19-35(20-4-1)37-23-7-9-25-39(37)49-41-27-11-15-31-45(41)51(46-32-16-12-28-42(46)49)52-47-33-17-13-29-43(47)50(44-30-14-18-34-48(44)52)40-26-10-8-24-38(40)36-21-5-2-6-22-36/h1-38H;1-34H. The van der Waals surface area contributed by atoms with E-state index in [0.29, 0.717) is 0 Å². The third-order valence-corrected chi connectivity index (χ3v) is 22.6. The van der Waals surface area contributed by atoms with E-state index in [-0.39, 0.29) is 0 Å². The SMILES string of the molecule is c1ccc(-c2ccccc2-c2c3ccccc3c(-c3c4ccccc4c(-c4ccccc4-c4ccccc4)c4ccccc34)c3ccccc23)cc1.c1ccc(-c2ccccc2-c2c3ccccc3c(-c3ccc(-c4c5ccccc5c(-c5ccccc5-c5ccccc5)c5ccccc45)cc3)c3ccccc23)cc1. The van der Waals surface area contributed by atoms with Crippen LogP contribution in [-0.2, 0) is 0 Å². The third kappa shape index (κ3) is 11.2. The summed E-state index contributed by atoms with van der Waals surface area (Å²) in [6, 6.07) is 160. The Hall–Kier alpha value is -14.3. The van der Waals surface area contributed by atoms with Gasteiger partial charge in [0.2, 0.25) is 0 Å². The summed E-state index contributed by atoms with van der Waals surface area (Å²) >= 11 is 0. The van der Waals surface area contributed by atoms with Gasteiger partial charge < -0.3 is 0 Å². The highest BCUT2D eigenvalue weighted by Gasteiger charge is 2.26. The fourth-order valence-corrected chi connectivity index (χ4v) is 17.9. The minimum Gasteiger partial charge on any atom is -0.0622 e. The van der Waals surface area contributed by atoms with E-state index in [1.807, 2.05) is 0 Å². The van der Waals surface area contributed by atoms with Crippen LogP contribution in [0.3, 0.4) is 0 Å². The molecule has 0 saturated heterocycles. The van der Waals surface area contributed by atoms with Crippen LogP contribution < -0.4 is 0 Å². The van der Waals surface area contributed by atoms with E-state index in [9.17, 15) is 0 Å². The fourth-order valence-electron chi connectivity index (χ4n) is 17.9. The zero-order chi connectivity index (χ0) is 72.9. The summed E-state index contributed by atoms with van der Waals surface area (Å²) in [5, 5.41) is 20.1. The minimum atomic E-state index is 1.21. The zero-order valence-corrected chi connectivity index (χ0v) is 60.6. The average molecular weight is 1390 g/mol. The summed E-state index contributed by atoms with van der Waals surface area (Å²) in [6.07, 6.45) is 0. The number of hydrogen-bond acceptors (Lipinski definition) is 0. The lowest BCUT2D eigenvalue weighted by Gasteiger charge is -2.23. The van der Waals surface area contributed by atoms with Crippen molar-refractivity contribution < 1.29 is 0 Å². The molecule has 0 atom stereocenters. The summed E-state index contributed by atoms with van der Waals surface area (Å²) in [4.78, 5) is 0. The molecule has 0 amide bonds. The highest BCUT2D eigenvalue weighted by atomic mass is 14.3. The van der Waals surface area contributed by atoms with Gasteiger partial charge in [-0.15, -0.1) is 0 Å². The van der Waals surface area contributed by atoms with Gasteiger partial charge >= 0.3 is 0 Å². The van der Waals surface area contributed by atoms with Gasteiger partial charge in [-0.05, 0) is 209 Å². The predicted molar refractivity (Wildman–Crippen MR) is 473 cm³/mol. The second-order valence-electron chi connectivity index (χ2n) is 28.6. The highest BCUT2D eigenvalue weighted by molar-refractivity contribution is 6.31. The molecule has 0 aromatic heterocycles. The first-order valence-electron chi connectivity index (χ1n) is 38.1. The topological polar surface area (TPSA) is 0 Å². The van der Waals surface area contributed by atoms with Gasteiger partial charge in [0.25, 0.3) is 0 Å². The monoisotopic (exact) mass is 1390 g/mol. The van der Waals surface area contributed by atoms with Crippen molar-refractivity contribution in [3.8, 4) is 122 Å². The molecule has 0 bridgehead atoms. The van der Waals surface area contributed by atoms with Gasteiger partial charge in [-0.3, -0.25) is 0 Å². The Kier molecular flexibility index (Phi) is 16.7. The van der Waals surface area contributed by atoms with Crippen LogP contribution in [0.15, 0.2) is 437 Å². The minimum absolute atomic E-state index is 1.21. The maximum atomic E-state index is 2.34. The second kappa shape index (κ2) is 28.2. The van der Waals surface area contributed by atoms with Crippen LogP contribution >= 0.6 is 0 Å². The number of rotatable bonds is 11. The van der Waals surface area contributed by atoms with Crippen molar-refractivity contribution in [1.82, 2.24) is 0 Å². The van der Waals surface area contributed by atoms with Gasteiger partial charge in [0, 0.05) is 0 Å². The Bertz CT molecular complexity index is 6440. The number of fused-ring (bicyclic) bond motifs is 8. The number of hydrogen-bond donors (Lipinski definition) is 0. The molecule has 0 N–H and O–H groups in total. The molecule has 0 unspecified atom stereocenters. The van der Waals surface area contributed by atoms with Crippen molar-refractivity contribution in [3.05, 3.63) is 437 Å². The van der Waals surface area contributed by atoms with Crippen molar-refractivity contribution in [3.63, 3.8) is 0 Å². The van der Waals surface area contributed by atoms with Gasteiger partial charge in [0.15, 0.2) is 0 Å². The van der Waals surface area contributed by atoms with E-state index in [1.54, 1.807) is 0 Å². The largest absolute Gasteiger partial charge is 0.0622 e. The molecule has 0 spiro atoms. The molecule has 110 heavy (non-hydrogen) atoms. The molecule has 21 rings (SSSR count). The Balaban J connectivity index is 0.000000145. The molecule has 512 valence electrons. The van der Waals surface area contributed by atoms with Crippen molar-refractivity contribution >= 4 is 86.2 Å². The van der Waals surface area contributed by atoms with Crippen LogP contribution in [-0.4, -0.2) is 0 Å². The smallest absolute Gasteiger partial charge is 0.00139 e. The summed E-state index contributed by atoms with van der Waals surface area (Å²) in [5.74, 6) is 0. The molecule has 21 aromatic rings. The van der Waals surface area contributed by atoms with E-state index in [2.05, 4.69) is 437 Å². The molecule has 0 heteroatoms. The quantitative estimate of drug-likeness (QED) is 0.113. The van der Waals surface area contributed by atoms with Crippen molar-refractivity contribution in [2.24, 2.45) is 0 Å². The Morgan fingerprint density at radius 3 is 0.373 bits per heavy atom. The summed E-state index contributed by atoms with van der Waals surface area (Å²) < 4.78 is 0. The lowest BCUT2D eigenvalue weighted by Crippen LogP contribution is -1.96. The van der Waals surface area contributed by atoms with Crippen LogP contribution in [0.5, 0.6) is 0 Å². The van der Waals surface area contributed by atoms with Crippen LogP contribution in [0.1, 0.15) is 0 Å². The van der Waals surface area contributed by atoms with Crippen LogP contribution in [0, 0.1) is 0 Å². The van der Waals surface area contributed by atoms with Crippen molar-refractivity contribution in [1.29, 1.82) is 0 Å². The molecule has 0 aliphatic heterocycles. The zero-order valence-electron chi connectivity index (χ0n) is 60.6. The van der Waals surface area contributed by atoms with Gasteiger partial charge in [-0.25, -0.2) is 0 Å². The Morgan fingerprint density at radius 2 is 0.200 bits per heavy atom. The molecule has 0 aliphatic carbocycles. The normalized spacial score (nSPS) is 11.5. The highest BCUT2D eigenvalue weighted by Crippen LogP contribution is 2.54. The lowest BCUT2D eigenvalue weighted by molar-refractivity contribution is 1.60.